The SMILES string of the molecule is O=C1CN(S(=O)(=O)c2cccc(C(=O)Oc3ccccc3Cl)c2)CCN1. The maximum atomic E-state index is 12.7. The Labute approximate surface area is 155 Å². The minimum Gasteiger partial charge on any atom is -0.421 e. The Morgan fingerprint density at radius 2 is 1.92 bits per heavy atom. The minimum absolute atomic E-state index is 0.0625. The Hall–Kier alpha value is -2.42. The number of rotatable bonds is 4. The molecule has 1 saturated heterocycles. The second-order valence-corrected chi connectivity index (χ2v) is 7.88. The molecule has 136 valence electrons. The summed E-state index contributed by atoms with van der Waals surface area (Å²) in [5.41, 5.74) is 0.0625. The first-order valence-corrected chi connectivity index (χ1v) is 9.53. The smallest absolute Gasteiger partial charge is 0.343 e. The molecule has 0 atom stereocenters. The number of esters is 1. The van der Waals surface area contributed by atoms with Crippen LogP contribution >= 0.6 is 11.6 Å². The van der Waals surface area contributed by atoms with Crippen LogP contribution < -0.4 is 10.1 Å². The molecule has 26 heavy (non-hydrogen) atoms. The highest BCUT2D eigenvalue weighted by Crippen LogP contribution is 2.25. The first-order chi connectivity index (χ1) is 12.4. The molecule has 0 bridgehead atoms. The van der Waals surface area contributed by atoms with E-state index in [-0.39, 0.29) is 46.8 Å². The minimum atomic E-state index is -3.89. The lowest BCUT2D eigenvalue weighted by Crippen LogP contribution is -2.49. The van der Waals surface area contributed by atoms with Gasteiger partial charge in [-0.1, -0.05) is 29.8 Å². The number of nitrogens with one attached hydrogen (secondary N) is 1. The van der Waals surface area contributed by atoms with Crippen molar-refractivity contribution in [3.8, 4) is 5.75 Å². The number of carbonyl (C=O) groups excluding carboxylic acids is 2. The van der Waals surface area contributed by atoms with Crippen molar-refractivity contribution >= 4 is 33.5 Å². The summed E-state index contributed by atoms with van der Waals surface area (Å²) in [7, 11) is -3.89. The van der Waals surface area contributed by atoms with Gasteiger partial charge in [-0.3, -0.25) is 4.79 Å². The zero-order chi connectivity index (χ0) is 18.7. The van der Waals surface area contributed by atoms with Gasteiger partial charge in [-0.2, -0.15) is 4.31 Å². The molecule has 1 amide bonds. The third-order valence-corrected chi connectivity index (χ3v) is 5.90. The molecule has 3 rings (SSSR count). The standard InChI is InChI=1S/C17H15ClN2O5S/c18-14-6-1-2-7-15(14)25-17(22)12-4-3-5-13(10-12)26(23,24)20-9-8-19-16(21)11-20/h1-7,10H,8-9,11H2,(H,19,21). The molecule has 2 aromatic rings. The van der Waals surface area contributed by atoms with Gasteiger partial charge in [0, 0.05) is 13.1 Å². The number of para-hydroxylation sites is 1. The summed E-state index contributed by atoms with van der Waals surface area (Å²) >= 11 is 5.96. The first-order valence-electron chi connectivity index (χ1n) is 7.71. The number of hydrogen-bond acceptors (Lipinski definition) is 5. The Bertz CT molecular complexity index is 961. The van der Waals surface area contributed by atoms with E-state index >= 15 is 0 Å². The molecular formula is C17H15ClN2O5S. The van der Waals surface area contributed by atoms with Gasteiger partial charge in [0.1, 0.15) is 5.75 Å². The van der Waals surface area contributed by atoms with Crippen LogP contribution in [0.4, 0.5) is 0 Å². The van der Waals surface area contributed by atoms with Crippen molar-refractivity contribution in [1.29, 1.82) is 0 Å². The second kappa shape index (κ2) is 7.45. The average molecular weight is 395 g/mol. The molecular weight excluding hydrogens is 380 g/mol. The van der Waals surface area contributed by atoms with E-state index in [1.165, 1.54) is 30.3 Å². The lowest BCUT2D eigenvalue weighted by atomic mass is 10.2. The van der Waals surface area contributed by atoms with Crippen molar-refractivity contribution < 1.29 is 22.7 Å². The zero-order valence-electron chi connectivity index (χ0n) is 13.5. The van der Waals surface area contributed by atoms with E-state index in [2.05, 4.69) is 5.32 Å². The number of piperazine rings is 1. The molecule has 2 aromatic carbocycles. The van der Waals surface area contributed by atoms with Crippen LogP contribution in [-0.4, -0.2) is 44.2 Å². The molecule has 0 spiro atoms. The number of sulfonamides is 1. The van der Waals surface area contributed by atoms with Gasteiger partial charge in [-0.15, -0.1) is 0 Å². The monoisotopic (exact) mass is 394 g/mol. The quantitative estimate of drug-likeness (QED) is 0.629. The second-order valence-electron chi connectivity index (χ2n) is 5.54. The topological polar surface area (TPSA) is 92.8 Å². The van der Waals surface area contributed by atoms with Crippen LogP contribution in [0.25, 0.3) is 0 Å². The lowest BCUT2D eigenvalue weighted by molar-refractivity contribution is -0.122. The van der Waals surface area contributed by atoms with Crippen LogP contribution in [0, 0.1) is 0 Å². The Kier molecular flexibility index (Phi) is 5.26. The summed E-state index contributed by atoms with van der Waals surface area (Å²) in [6.07, 6.45) is 0. The van der Waals surface area contributed by atoms with Crippen molar-refractivity contribution in [3.05, 3.63) is 59.1 Å². The van der Waals surface area contributed by atoms with Crippen LogP contribution in [-0.2, 0) is 14.8 Å². The third kappa shape index (κ3) is 3.87. The Morgan fingerprint density at radius 3 is 2.65 bits per heavy atom. The Morgan fingerprint density at radius 1 is 1.15 bits per heavy atom. The van der Waals surface area contributed by atoms with E-state index < -0.39 is 16.0 Å². The summed E-state index contributed by atoms with van der Waals surface area (Å²) < 4.78 is 31.7. The first kappa shape index (κ1) is 18.4. The van der Waals surface area contributed by atoms with Crippen molar-refractivity contribution in [1.82, 2.24) is 9.62 Å². The fourth-order valence-corrected chi connectivity index (χ4v) is 4.06. The number of amides is 1. The normalized spacial score (nSPS) is 15.3. The maximum absolute atomic E-state index is 12.7. The van der Waals surface area contributed by atoms with Gasteiger partial charge in [0.05, 0.1) is 22.0 Å². The van der Waals surface area contributed by atoms with Crippen LogP contribution in [0.5, 0.6) is 5.75 Å². The summed E-state index contributed by atoms with van der Waals surface area (Å²) in [6, 6.07) is 12.0. The number of halogens is 1. The number of nitrogens with zero attached hydrogens (tertiary/aromatic N) is 1. The maximum Gasteiger partial charge on any atom is 0.343 e. The van der Waals surface area contributed by atoms with Crippen molar-refractivity contribution in [2.75, 3.05) is 19.6 Å². The van der Waals surface area contributed by atoms with E-state index in [0.29, 0.717) is 0 Å². The zero-order valence-corrected chi connectivity index (χ0v) is 15.1. The predicted molar refractivity (Wildman–Crippen MR) is 94.6 cm³/mol. The van der Waals surface area contributed by atoms with Crippen LogP contribution in [0.3, 0.4) is 0 Å². The molecule has 1 aliphatic heterocycles. The number of benzene rings is 2. The van der Waals surface area contributed by atoms with Gasteiger partial charge >= 0.3 is 5.97 Å². The highest BCUT2D eigenvalue weighted by molar-refractivity contribution is 7.89. The van der Waals surface area contributed by atoms with E-state index in [0.717, 1.165) is 4.31 Å². The van der Waals surface area contributed by atoms with Gasteiger partial charge in [-0.05, 0) is 30.3 Å². The van der Waals surface area contributed by atoms with E-state index in [1.807, 2.05) is 0 Å². The van der Waals surface area contributed by atoms with E-state index in [9.17, 15) is 18.0 Å². The summed E-state index contributed by atoms with van der Waals surface area (Å²) in [6.45, 7) is 0.158. The summed E-state index contributed by atoms with van der Waals surface area (Å²) in [5.74, 6) is -0.916. The molecule has 0 radical (unpaired) electrons. The van der Waals surface area contributed by atoms with Gasteiger partial charge in [0.15, 0.2) is 0 Å². The van der Waals surface area contributed by atoms with Gasteiger partial charge in [0.25, 0.3) is 0 Å². The molecule has 0 aromatic heterocycles. The number of ether oxygens (including phenoxy) is 1. The molecule has 1 N–H and O–H groups in total. The van der Waals surface area contributed by atoms with Crippen LogP contribution in [0.15, 0.2) is 53.4 Å². The predicted octanol–water partition coefficient (Wildman–Crippen LogP) is 1.68. The molecule has 1 fully saturated rings. The molecule has 1 aliphatic rings. The van der Waals surface area contributed by atoms with Crippen LogP contribution in [0.2, 0.25) is 5.02 Å². The molecule has 0 unspecified atom stereocenters. The molecule has 0 aliphatic carbocycles. The van der Waals surface area contributed by atoms with Crippen molar-refractivity contribution in [2.24, 2.45) is 0 Å². The number of carbonyl (C=O) groups is 2. The lowest BCUT2D eigenvalue weighted by Gasteiger charge is -2.26. The molecule has 0 saturated carbocycles. The van der Waals surface area contributed by atoms with Crippen molar-refractivity contribution in [3.63, 3.8) is 0 Å². The summed E-state index contributed by atoms with van der Waals surface area (Å²) in [5, 5.41) is 2.83. The summed E-state index contributed by atoms with van der Waals surface area (Å²) in [4.78, 5) is 23.7. The fourth-order valence-electron chi connectivity index (χ4n) is 2.44. The van der Waals surface area contributed by atoms with Gasteiger partial charge in [-0.25, -0.2) is 13.2 Å². The van der Waals surface area contributed by atoms with Gasteiger partial charge < -0.3 is 10.1 Å². The highest BCUT2D eigenvalue weighted by atomic mass is 35.5. The molecule has 7 nitrogen and oxygen atoms in total. The van der Waals surface area contributed by atoms with Crippen LogP contribution in [0.1, 0.15) is 10.4 Å². The Balaban J connectivity index is 1.84. The average Bonchev–Trinajstić information content (AvgIpc) is 2.63. The number of hydrogen-bond donors (Lipinski definition) is 1. The van der Waals surface area contributed by atoms with Gasteiger partial charge in [0.2, 0.25) is 15.9 Å². The fraction of sp³-hybridized carbons (Fsp3) is 0.176. The van der Waals surface area contributed by atoms with Crippen molar-refractivity contribution in [2.45, 2.75) is 4.90 Å². The molecule has 9 heteroatoms. The van der Waals surface area contributed by atoms with E-state index in [4.69, 9.17) is 16.3 Å². The highest BCUT2D eigenvalue weighted by Gasteiger charge is 2.29. The largest absolute Gasteiger partial charge is 0.421 e. The van der Waals surface area contributed by atoms with E-state index in [1.54, 1.807) is 18.2 Å². The molecule has 1 heterocycles. The third-order valence-electron chi connectivity index (χ3n) is 3.75.